The van der Waals surface area contributed by atoms with Crippen LogP contribution in [-0.2, 0) is 14.9 Å². The number of amides is 1. The third-order valence-electron chi connectivity index (χ3n) is 5.17. The maximum atomic E-state index is 12.3. The monoisotopic (exact) mass is 400 g/mol. The number of nitro benzene ring substituents is 1. The van der Waals surface area contributed by atoms with E-state index in [1.165, 1.54) is 18.2 Å². The quantitative estimate of drug-likeness (QED) is 0.540. The third kappa shape index (κ3) is 5.23. The lowest BCUT2D eigenvalue weighted by Gasteiger charge is -2.38. The molecule has 8 nitrogen and oxygen atoms in total. The van der Waals surface area contributed by atoms with Crippen molar-refractivity contribution < 1.29 is 23.9 Å². The van der Waals surface area contributed by atoms with Crippen molar-refractivity contribution in [2.45, 2.75) is 18.3 Å². The highest BCUT2D eigenvalue weighted by atomic mass is 16.6. The largest absolute Gasteiger partial charge is 0.497 e. The number of hydrogen-bond donors (Lipinski definition) is 1. The number of carbonyl (C=O) groups is 1. The third-order valence-corrected chi connectivity index (χ3v) is 5.17. The van der Waals surface area contributed by atoms with E-state index in [1.807, 2.05) is 24.3 Å². The van der Waals surface area contributed by atoms with Crippen LogP contribution in [-0.4, -0.2) is 44.3 Å². The van der Waals surface area contributed by atoms with E-state index in [2.05, 4.69) is 5.32 Å². The van der Waals surface area contributed by atoms with Gasteiger partial charge in [0.1, 0.15) is 11.5 Å². The Bertz CT molecular complexity index is 847. The van der Waals surface area contributed by atoms with Crippen molar-refractivity contribution in [3.05, 3.63) is 64.2 Å². The summed E-state index contributed by atoms with van der Waals surface area (Å²) in [5, 5.41) is 13.8. The Kier molecular flexibility index (Phi) is 6.66. The molecule has 1 heterocycles. The van der Waals surface area contributed by atoms with Crippen LogP contribution >= 0.6 is 0 Å². The molecule has 0 saturated carbocycles. The van der Waals surface area contributed by atoms with E-state index in [-0.39, 0.29) is 29.4 Å². The predicted octanol–water partition coefficient (Wildman–Crippen LogP) is 2.85. The summed E-state index contributed by atoms with van der Waals surface area (Å²) in [6.07, 6.45) is 1.59. The zero-order chi connectivity index (χ0) is 20.7. The van der Waals surface area contributed by atoms with Crippen LogP contribution in [0.5, 0.6) is 11.5 Å². The Balaban J connectivity index is 1.61. The summed E-state index contributed by atoms with van der Waals surface area (Å²) in [6.45, 7) is 1.51. The number of ether oxygens (including phenoxy) is 3. The van der Waals surface area contributed by atoms with Gasteiger partial charge < -0.3 is 19.5 Å². The van der Waals surface area contributed by atoms with Gasteiger partial charge in [0.25, 0.3) is 11.6 Å². The second kappa shape index (κ2) is 9.38. The number of benzene rings is 2. The molecule has 1 aliphatic rings. The topological polar surface area (TPSA) is 99.9 Å². The Morgan fingerprint density at radius 3 is 2.55 bits per heavy atom. The number of rotatable bonds is 8. The minimum Gasteiger partial charge on any atom is -0.497 e. The summed E-state index contributed by atoms with van der Waals surface area (Å²) in [5.41, 5.74) is 0.830. The molecule has 2 aromatic carbocycles. The Morgan fingerprint density at radius 1 is 1.17 bits per heavy atom. The van der Waals surface area contributed by atoms with E-state index in [0.29, 0.717) is 19.8 Å². The van der Waals surface area contributed by atoms with Gasteiger partial charge in [-0.2, -0.15) is 0 Å². The number of carbonyl (C=O) groups excluding carboxylic acids is 1. The molecule has 154 valence electrons. The van der Waals surface area contributed by atoms with E-state index in [1.54, 1.807) is 13.2 Å². The van der Waals surface area contributed by atoms with Crippen molar-refractivity contribution in [1.82, 2.24) is 5.32 Å². The molecule has 29 heavy (non-hydrogen) atoms. The number of nitro groups is 1. The van der Waals surface area contributed by atoms with Crippen LogP contribution < -0.4 is 14.8 Å². The lowest BCUT2D eigenvalue weighted by atomic mass is 9.74. The zero-order valence-corrected chi connectivity index (χ0v) is 16.3. The van der Waals surface area contributed by atoms with Gasteiger partial charge in [0, 0.05) is 31.2 Å². The van der Waals surface area contributed by atoms with Crippen LogP contribution in [0.1, 0.15) is 18.4 Å². The van der Waals surface area contributed by atoms with Crippen molar-refractivity contribution in [2.75, 3.05) is 33.5 Å². The smallest absolute Gasteiger partial charge is 0.273 e. The van der Waals surface area contributed by atoms with Crippen molar-refractivity contribution in [1.29, 1.82) is 0 Å². The van der Waals surface area contributed by atoms with Crippen LogP contribution in [0.2, 0.25) is 0 Å². The lowest BCUT2D eigenvalue weighted by Crippen LogP contribution is -2.45. The van der Waals surface area contributed by atoms with Gasteiger partial charge in [-0.1, -0.05) is 18.2 Å². The highest BCUT2D eigenvalue weighted by Crippen LogP contribution is 2.35. The molecule has 0 spiro atoms. The summed E-state index contributed by atoms with van der Waals surface area (Å²) < 4.78 is 16.2. The molecule has 2 aromatic rings. The number of methoxy groups -OCH3 is 1. The summed E-state index contributed by atoms with van der Waals surface area (Å²) in [5.74, 6) is 0.784. The highest BCUT2D eigenvalue weighted by Gasteiger charge is 2.34. The molecule has 0 aliphatic carbocycles. The van der Waals surface area contributed by atoms with Gasteiger partial charge >= 0.3 is 0 Å². The first-order chi connectivity index (χ1) is 14.0. The molecule has 3 rings (SSSR count). The van der Waals surface area contributed by atoms with E-state index in [0.717, 1.165) is 24.2 Å². The molecule has 1 fully saturated rings. The molecule has 1 saturated heterocycles. The molecule has 0 bridgehead atoms. The molecular weight excluding hydrogens is 376 g/mol. The second-order valence-electron chi connectivity index (χ2n) is 6.94. The molecule has 8 heteroatoms. The first-order valence-electron chi connectivity index (χ1n) is 9.39. The maximum Gasteiger partial charge on any atom is 0.273 e. The lowest BCUT2D eigenvalue weighted by molar-refractivity contribution is -0.384. The zero-order valence-electron chi connectivity index (χ0n) is 16.3. The molecule has 1 amide bonds. The number of nitrogens with zero attached hydrogens (tertiary/aromatic N) is 1. The van der Waals surface area contributed by atoms with E-state index in [4.69, 9.17) is 14.2 Å². The first-order valence-corrected chi connectivity index (χ1v) is 9.39. The van der Waals surface area contributed by atoms with Crippen molar-refractivity contribution in [3.63, 3.8) is 0 Å². The Labute approximate surface area is 168 Å². The number of nitrogens with one attached hydrogen (secondary N) is 1. The van der Waals surface area contributed by atoms with E-state index >= 15 is 0 Å². The summed E-state index contributed by atoms with van der Waals surface area (Å²) in [6, 6.07) is 13.6. The summed E-state index contributed by atoms with van der Waals surface area (Å²) in [4.78, 5) is 22.7. The van der Waals surface area contributed by atoms with Gasteiger partial charge in [0.2, 0.25) is 0 Å². The molecule has 0 unspecified atom stereocenters. The van der Waals surface area contributed by atoms with Crippen molar-refractivity contribution in [3.8, 4) is 11.5 Å². The fraction of sp³-hybridized carbons (Fsp3) is 0.381. The summed E-state index contributed by atoms with van der Waals surface area (Å²) in [7, 11) is 1.63. The highest BCUT2D eigenvalue weighted by molar-refractivity contribution is 5.77. The first kappa shape index (κ1) is 20.6. The number of non-ortho nitro benzene ring substituents is 1. The van der Waals surface area contributed by atoms with Crippen molar-refractivity contribution >= 4 is 11.6 Å². The Morgan fingerprint density at radius 2 is 1.90 bits per heavy atom. The minimum atomic E-state index is -0.503. The molecule has 1 aliphatic heterocycles. The molecular formula is C21H24N2O6. The van der Waals surface area contributed by atoms with Crippen LogP contribution in [0.4, 0.5) is 5.69 Å². The van der Waals surface area contributed by atoms with Gasteiger partial charge in [0.15, 0.2) is 6.61 Å². The molecule has 0 aromatic heterocycles. The van der Waals surface area contributed by atoms with Gasteiger partial charge in [0.05, 0.1) is 18.1 Å². The van der Waals surface area contributed by atoms with Gasteiger partial charge in [-0.15, -0.1) is 0 Å². The predicted molar refractivity (Wildman–Crippen MR) is 106 cm³/mol. The Hall–Kier alpha value is -3.13. The van der Waals surface area contributed by atoms with Crippen LogP contribution in [0.25, 0.3) is 0 Å². The fourth-order valence-corrected chi connectivity index (χ4v) is 3.43. The SMILES string of the molecule is COc1ccc(C2(CNC(=O)COc3cccc([N+](=O)[O-])c3)CCOCC2)cc1. The average Bonchev–Trinajstić information content (AvgIpc) is 2.77. The van der Waals surface area contributed by atoms with Crippen LogP contribution in [0.15, 0.2) is 48.5 Å². The van der Waals surface area contributed by atoms with Gasteiger partial charge in [-0.25, -0.2) is 0 Å². The van der Waals surface area contributed by atoms with E-state index in [9.17, 15) is 14.9 Å². The molecule has 1 N–H and O–H groups in total. The molecule has 0 radical (unpaired) electrons. The average molecular weight is 400 g/mol. The fourth-order valence-electron chi connectivity index (χ4n) is 3.43. The summed E-state index contributed by atoms with van der Waals surface area (Å²) >= 11 is 0. The van der Waals surface area contributed by atoms with E-state index < -0.39 is 4.92 Å². The second-order valence-corrected chi connectivity index (χ2v) is 6.94. The van der Waals surface area contributed by atoms with Crippen molar-refractivity contribution in [2.24, 2.45) is 0 Å². The van der Waals surface area contributed by atoms with Crippen LogP contribution in [0, 0.1) is 10.1 Å². The van der Waals surface area contributed by atoms with Crippen LogP contribution in [0.3, 0.4) is 0 Å². The molecule has 0 atom stereocenters. The standard InChI is InChI=1S/C21H24N2O6/c1-27-18-7-5-16(6-8-18)21(9-11-28-12-10-21)15-22-20(24)14-29-19-4-2-3-17(13-19)23(25)26/h2-8,13H,9-12,14-15H2,1H3,(H,22,24). The minimum absolute atomic E-state index is 0.0800. The normalized spacial score (nSPS) is 15.3. The maximum absolute atomic E-state index is 12.3. The van der Waals surface area contributed by atoms with Gasteiger partial charge in [-0.3, -0.25) is 14.9 Å². The van der Waals surface area contributed by atoms with Gasteiger partial charge in [-0.05, 0) is 36.6 Å². The number of hydrogen-bond acceptors (Lipinski definition) is 6.